The first-order chi connectivity index (χ1) is 17.1. The van der Waals surface area contributed by atoms with E-state index in [1.807, 2.05) is 45.0 Å². The predicted molar refractivity (Wildman–Crippen MR) is 132 cm³/mol. The summed E-state index contributed by atoms with van der Waals surface area (Å²) in [6.45, 7) is 5.50. The van der Waals surface area contributed by atoms with Gasteiger partial charge in [-0.3, -0.25) is 24.5 Å². The van der Waals surface area contributed by atoms with E-state index in [4.69, 9.17) is 0 Å². The number of phenols is 1. The third-order valence-electron chi connectivity index (χ3n) is 8.98. The molecule has 6 atom stereocenters. The van der Waals surface area contributed by atoms with Gasteiger partial charge in [-0.2, -0.15) is 0 Å². The summed E-state index contributed by atoms with van der Waals surface area (Å²) in [5, 5.41) is 12.9. The molecule has 2 aliphatic carbocycles. The normalized spacial score (nSPS) is 33.1. The minimum atomic E-state index is -1.07. The second-order valence-corrected chi connectivity index (χ2v) is 10.9. The first kappa shape index (κ1) is 22.7. The fraction of sp³-hybridized carbons (Fsp3) is 0.379. The zero-order chi connectivity index (χ0) is 25.5. The molecule has 4 aliphatic rings. The molecule has 36 heavy (non-hydrogen) atoms. The number of amides is 4. The summed E-state index contributed by atoms with van der Waals surface area (Å²) >= 11 is 0. The SMILES string of the molecule is Cc1cc([C@H]2C3=CC[C@@H]4C(=O)NC(=O)[C@@H]4[C@@H]3C[C@H]3C(=O)N(c4ccccc4)C(=O)[C@@]23C)cc(C)c1O. The highest BCUT2D eigenvalue weighted by Crippen LogP contribution is 2.63. The number of nitrogens with zero attached hydrogens (tertiary/aromatic N) is 1. The van der Waals surface area contributed by atoms with Crippen LogP contribution in [0.15, 0.2) is 54.1 Å². The second kappa shape index (κ2) is 7.63. The molecule has 7 nitrogen and oxygen atoms in total. The molecular formula is C29H28N2O5. The number of hydrogen-bond donors (Lipinski definition) is 2. The smallest absolute Gasteiger partial charge is 0.241 e. The van der Waals surface area contributed by atoms with Crippen molar-refractivity contribution in [2.24, 2.45) is 29.1 Å². The molecule has 3 fully saturated rings. The maximum absolute atomic E-state index is 14.2. The van der Waals surface area contributed by atoms with Gasteiger partial charge >= 0.3 is 0 Å². The maximum atomic E-state index is 14.2. The van der Waals surface area contributed by atoms with Crippen LogP contribution < -0.4 is 10.2 Å². The van der Waals surface area contributed by atoms with Gasteiger partial charge in [0.2, 0.25) is 23.6 Å². The molecule has 2 aliphatic heterocycles. The quantitative estimate of drug-likeness (QED) is 0.501. The number of aryl methyl sites for hydroxylation is 2. The minimum Gasteiger partial charge on any atom is -0.507 e. The van der Waals surface area contributed by atoms with Crippen LogP contribution in [-0.2, 0) is 19.2 Å². The number of phenolic OH excluding ortho intramolecular Hbond substituents is 1. The molecule has 7 heteroatoms. The van der Waals surface area contributed by atoms with Crippen molar-refractivity contribution in [1.82, 2.24) is 5.32 Å². The largest absolute Gasteiger partial charge is 0.507 e. The molecule has 0 bridgehead atoms. The highest BCUT2D eigenvalue weighted by molar-refractivity contribution is 6.24. The van der Waals surface area contributed by atoms with Crippen molar-refractivity contribution in [2.75, 3.05) is 4.90 Å². The molecule has 6 rings (SSSR count). The average Bonchev–Trinajstić information content (AvgIpc) is 3.25. The Kier molecular flexibility index (Phi) is 4.81. The predicted octanol–water partition coefficient (Wildman–Crippen LogP) is 3.53. The molecule has 4 amide bonds. The van der Waals surface area contributed by atoms with Gasteiger partial charge in [0.15, 0.2) is 0 Å². The van der Waals surface area contributed by atoms with Gasteiger partial charge in [0.05, 0.1) is 28.9 Å². The lowest BCUT2D eigenvalue weighted by Crippen LogP contribution is -2.48. The number of nitrogens with one attached hydrogen (secondary N) is 1. The fourth-order valence-corrected chi connectivity index (χ4v) is 7.29. The zero-order valence-electron chi connectivity index (χ0n) is 20.4. The lowest BCUT2D eigenvalue weighted by molar-refractivity contribution is -0.131. The Morgan fingerprint density at radius 1 is 0.972 bits per heavy atom. The van der Waals surface area contributed by atoms with Crippen LogP contribution in [0.2, 0.25) is 0 Å². The number of rotatable bonds is 2. The maximum Gasteiger partial charge on any atom is 0.241 e. The van der Waals surface area contributed by atoms with Crippen molar-refractivity contribution < 1.29 is 24.3 Å². The topological polar surface area (TPSA) is 104 Å². The molecule has 2 aromatic rings. The van der Waals surface area contributed by atoms with E-state index in [2.05, 4.69) is 5.32 Å². The molecule has 2 saturated heterocycles. The van der Waals surface area contributed by atoms with Gasteiger partial charge in [-0.15, -0.1) is 0 Å². The van der Waals surface area contributed by atoms with Crippen molar-refractivity contribution in [2.45, 2.75) is 39.5 Å². The highest BCUT2D eigenvalue weighted by Gasteiger charge is 2.67. The Morgan fingerprint density at radius 3 is 2.31 bits per heavy atom. The molecule has 184 valence electrons. The summed E-state index contributed by atoms with van der Waals surface area (Å²) in [7, 11) is 0. The minimum absolute atomic E-state index is 0.200. The standard InChI is InChI=1S/C29H28N2O5/c1-14-11-16(12-15(2)24(14)32)23-18-9-10-19-22(26(34)30-25(19)33)20(18)13-21-27(35)31(28(36)29(21,23)3)17-7-5-4-6-8-17/h4-9,11-12,19-23,32H,10,13H2,1-3H3,(H,30,33,34)/t19-,20+,21-,22-,23-,29+/m0/s1. The molecular weight excluding hydrogens is 456 g/mol. The van der Waals surface area contributed by atoms with Gasteiger partial charge in [-0.1, -0.05) is 42.0 Å². The van der Waals surface area contributed by atoms with Gasteiger partial charge < -0.3 is 5.11 Å². The number of hydrogen-bond acceptors (Lipinski definition) is 5. The highest BCUT2D eigenvalue weighted by atomic mass is 16.3. The van der Waals surface area contributed by atoms with Crippen molar-refractivity contribution in [3.8, 4) is 5.75 Å². The molecule has 1 saturated carbocycles. The summed E-state index contributed by atoms with van der Waals surface area (Å²) in [6.07, 6.45) is 2.78. The lowest BCUT2D eigenvalue weighted by Gasteiger charge is -2.49. The molecule has 2 N–H and O–H groups in total. The fourth-order valence-electron chi connectivity index (χ4n) is 7.29. The number of carbonyl (C=O) groups excluding carboxylic acids is 4. The van der Waals surface area contributed by atoms with Crippen LogP contribution >= 0.6 is 0 Å². The first-order valence-corrected chi connectivity index (χ1v) is 12.4. The Bertz CT molecular complexity index is 1360. The summed E-state index contributed by atoms with van der Waals surface area (Å²) in [6, 6.07) is 12.7. The van der Waals surface area contributed by atoms with Gasteiger partial charge in [-0.05, 0) is 68.4 Å². The van der Waals surface area contributed by atoms with Crippen LogP contribution in [0, 0.1) is 42.9 Å². The molecule has 0 spiro atoms. The number of anilines is 1. The number of para-hydroxylation sites is 1. The average molecular weight is 485 g/mol. The third-order valence-corrected chi connectivity index (χ3v) is 8.98. The van der Waals surface area contributed by atoms with Crippen LogP contribution in [0.5, 0.6) is 5.75 Å². The van der Waals surface area contributed by atoms with Gasteiger partial charge in [-0.25, -0.2) is 4.90 Å². The number of imide groups is 2. The van der Waals surface area contributed by atoms with E-state index >= 15 is 0 Å². The first-order valence-electron chi connectivity index (χ1n) is 12.4. The number of allylic oxidation sites excluding steroid dienone is 2. The zero-order valence-corrected chi connectivity index (χ0v) is 20.4. The van der Waals surface area contributed by atoms with Gasteiger partial charge in [0.1, 0.15) is 5.75 Å². The van der Waals surface area contributed by atoms with Crippen LogP contribution in [-0.4, -0.2) is 28.7 Å². The number of aromatic hydroxyl groups is 1. The van der Waals surface area contributed by atoms with Crippen molar-refractivity contribution in [1.29, 1.82) is 0 Å². The summed E-state index contributed by atoms with van der Waals surface area (Å²) < 4.78 is 0. The van der Waals surface area contributed by atoms with Crippen LogP contribution in [0.25, 0.3) is 0 Å². The van der Waals surface area contributed by atoms with Gasteiger partial charge in [0.25, 0.3) is 0 Å². The Labute approximate surface area is 209 Å². The third kappa shape index (κ3) is 2.85. The number of benzene rings is 2. The molecule has 2 heterocycles. The van der Waals surface area contributed by atoms with Crippen molar-refractivity contribution in [3.63, 3.8) is 0 Å². The lowest BCUT2D eigenvalue weighted by atomic mass is 9.51. The molecule has 2 aromatic carbocycles. The van der Waals surface area contributed by atoms with Crippen LogP contribution in [0.4, 0.5) is 5.69 Å². The number of fused-ring (bicyclic) bond motifs is 4. The Hall–Kier alpha value is -3.74. The Morgan fingerprint density at radius 2 is 1.64 bits per heavy atom. The van der Waals surface area contributed by atoms with Gasteiger partial charge in [0, 0.05) is 5.92 Å². The van der Waals surface area contributed by atoms with E-state index in [0.717, 1.165) is 11.1 Å². The monoisotopic (exact) mass is 484 g/mol. The molecule has 0 aromatic heterocycles. The number of carbonyl (C=O) groups is 4. The second-order valence-electron chi connectivity index (χ2n) is 10.9. The van der Waals surface area contributed by atoms with Crippen molar-refractivity contribution >= 4 is 29.3 Å². The van der Waals surface area contributed by atoms with E-state index < -0.39 is 29.1 Å². The summed E-state index contributed by atoms with van der Waals surface area (Å²) in [5.41, 5.74) is 2.62. The molecule has 0 unspecified atom stereocenters. The van der Waals surface area contributed by atoms with Crippen LogP contribution in [0.3, 0.4) is 0 Å². The molecule has 0 radical (unpaired) electrons. The Balaban J connectivity index is 1.57. The van der Waals surface area contributed by atoms with E-state index in [1.54, 1.807) is 24.3 Å². The van der Waals surface area contributed by atoms with E-state index in [1.165, 1.54) is 4.90 Å². The van der Waals surface area contributed by atoms with Crippen molar-refractivity contribution in [3.05, 3.63) is 70.8 Å². The summed E-state index contributed by atoms with van der Waals surface area (Å²) in [4.78, 5) is 54.8. The van der Waals surface area contributed by atoms with E-state index in [0.29, 0.717) is 29.7 Å². The van der Waals surface area contributed by atoms with E-state index in [-0.39, 0.29) is 35.3 Å². The van der Waals surface area contributed by atoms with Crippen LogP contribution in [0.1, 0.15) is 42.4 Å². The van der Waals surface area contributed by atoms with E-state index in [9.17, 15) is 24.3 Å². The summed E-state index contributed by atoms with van der Waals surface area (Å²) in [5.74, 6) is -3.30.